The van der Waals surface area contributed by atoms with Gasteiger partial charge in [0.05, 0.1) is 5.69 Å². The standard InChI is InChI=1S/C16H14FN3O4S2/c1-8-13(26(18,22)23)7-12(24-8)15(21)20-16-19-14(9(2)25-16)10-3-5-11(17)6-4-10/h3-7H,1-2H3,(H2,18,22,23)(H,19,20,21). The fourth-order valence-electron chi connectivity index (χ4n) is 2.34. The van der Waals surface area contributed by atoms with Gasteiger partial charge < -0.3 is 4.42 Å². The van der Waals surface area contributed by atoms with Crippen molar-refractivity contribution in [3.8, 4) is 11.3 Å². The van der Waals surface area contributed by atoms with Crippen LogP contribution in [-0.2, 0) is 10.0 Å². The highest BCUT2D eigenvalue weighted by Gasteiger charge is 2.22. The summed E-state index contributed by atoms with van der Waals surface area (Å²) in [7, 11) is -3.98. The predicted octanol–water partition coefficient (Wildman–Crippen LogP) is 3.06. The third kappa shape index (κ3) is 3.66. The Bertz CT molecular complexity index is 1090. The molecule has 3 aromatic rings. The molecule has 0 aliphatic heterocycles. The molecule has 0 radical (unpaired) electrons. The first-order valence-electron chi connectivity index (χ1n) is 7.33. The topological polar surface area (TPSA) is 115 Å². The van der Waals surface area contributed by atoms with Gasteiger partial charge in [0.2, 0.25) is 10.0 Å². The number of hydrogen-bond acceptors (Lipinski definition) is 6. The summed E-state index contributed by atoms with van der Waals surface area (Å²) >= 11 is 1.23. The number of carbonyl (C=O) groups excluding carboxylic acids is 1. The van der Waals surface area contributed by atoms with E-state index in [0.29, 0.717) is 16.4 Å². The molecule has 1 amide bonds. The molecule has 7 nitrogen and oxygen atoms in total. The SMILES string of the molecule is Cc1oc(C(=O)Nc2nc(-c3ccc(F)cc3)c(C)s2)cc1S(N)(=O)=O. The Hall–Kier alpha value is -2.56. The van der Waals surface area contributed by atoms with Crippen LogP contribution in [0.5, 0.6) is 0 Å². The molecule has 0 bridgehead atoms. The van der Waals surface area contributed by atoms with Gasteiger partial charge in [0.25, 0.3) is 5.91 Å². The summed E-state index contributed by atoms with van der Waals surface area (Å²) in [5, 5.41) is 7.93. The molecule has 26 heavy (non-hydrogen) atoms. The number of aromatic nitrogens is 1. The number of rotatable bonds is 4. The van der Waals surface area contributed by atoms with E-state index in [1.165, 1.54) is 30.4 Å². The van der Waals surface area contributed by atoms with Crippen molar-refractivity contribution in [3.05, 3.63) is 52.5 Å². The number of halogens is 1. The van der Waals surface area contributed by atoms with Crippen LogP contribution in [0.4, 0.5) is 9.52 Å². The van der Waals surface area contributed by atoms with Crippen LogP contribution in [0.3, 0.4) is 0 Å². The molecule has 0 saturated carbocycles. The van der Waals surface area contributed by atoms with E-state index in [-0.39, 0.29) is 22.2 Å². The highest BCUT2D eigenvalue weighted by Crippen LogP contribution is 2.31. The highest BCUT2D eigenvalue weighted by molar-refractivity contribution is 7.89. The Morgan fingerprint density at radius 2 is 1.92 bits per heavy atom. The zero-order chi connectivity index (χ0) is 19.1. The number of benzene rings is 1. The molecule has 0 spiro atoms. The van der Waals surface area contributed by atoms with Crippen LogP contribution in [0.2, 0.25) is 0 Å². The molecular formula is C16H14FN3O4S2. The summed E-state index contributed by atoms with van der Waals surface area (Å²) in [6.07, 6.45) is 0. The lowest BCUT2D eigenvalue weighted by molar-refractivity contribution is 0.0995. The Kier molecular flexibility index (Phi) is 4.65. The summed E-state index contributed by atoms with van der Waals surface area (Å²) in [4.78, 5) is 17.2. The molecule has 2 aromatic heterocycles. The average molecular weight is 395 g/mol. The third-order valence-electron chi connectivity index (χ3n) is 3.54. The molecule has 0 saturated heterocycles. The molecule has 0 unspecified atom stereocenters. The van der Waals surface area contributed by atoms with Crippen LogP contribution in [-0.4, -0.2) is 19.3 Å². The van der Waals surface area contributed by atoms with Crippen LogP contribution in [0.1, 0.15) is 21.2 Å². The molecule has 3 rings (SSSR count). The van der Waals surface area contributed by atoms with E-state index in [0.717, 1.165) is 10.9 Å². The maximum Gasteiger partial charge on any atom is 0.293 e. The maximum absolute atomic E-state index is 13.0. The number of amides is 1. The van der Waals surface area contributed by atoms with Crippen molar-refractivity contribution in [2.45, 2.75) is 18.7 Å². The van der Waals surface area contributed by atoms with E-state index in [1.807, 2.05) is 6.92 Å². The van der Waals surface area contributed by atoms with Crippen molar-refractivity contribution in [2.24, 2.45) is 5.14 Å². The van der Waals surface area contributed by atoms with Crippen LogP contribution in [0.15, 0.2) is 39.6 Å². The first kappa shape index (κ1) is 18.2. The van der Waals surface area contributed by atoms with Crippen LogP contribution >= 0.6 is 11.3 Å². The van der Waals surface area contributed by atoms with Crippen molar-refractivity contribution in [2.75, 3.05) is 5.32 Å². The van der Waals surface area contributed by atoms with Gasteiger partial charge in [-0.2, -0.15) is 0 Å². The lowest BCUT2D eigenvalue weighted by Crippen LogP contribution is -2.13. The number of hydrogen-bond donors (Lipinski definition) is 2. The van der Waals surface area contributed by atoms with Crippen molar-refractivity contribution < 1.29 is 22.0 Å². The number of primary sulfonamides is 1. The van der Waals surface area contributed by atoms with E-state index in [2.05, 4.69) is 10.3 Å². The minimum Gasteiger partial charge on any atom is -0.455 e. The summed E-state index contributed by atoms with van der Waals surface area (Å²) in [5.41, 5.74) is 1.33. The first-order valence-corrected chi connectivity index (χ1v) is 9.69. The fourth-order valence-corrected chi connectivity index (χ4v) is 3.89. The van der Waals surface area contributed by atoms with Gasteiger partial charge in [-0.25, -0.2) is 22.9 Å². The maximum atomic E-state index is 13.0. The van der Waals surface area contributed by atoms with Gasteiger partial charge in [-0.1, -0.05) is 0 Å². The van der Waals surface area contributed by atoms with Gasteiger partial charge in [0.1, 0.15) is 16.5 Å². The number of anilines is 1. The second-order valence-electron chi connectivity index (χ2n) is 5.46. The molecule has 136 valence electrons. The summed E-state index contributed by atoms with van der Waals surface area (Å²) in [6, 6.07) is 6.91. The zero-order valence-corrected chi connectivity index (χ0v) is 15.4. The smallest absolute Gasteiger partial charge is 0.293 e. The van der Waals surface area contributed by atoms with Gasteiger partial charge >= 0.3 is 0 Å². The van der Waals surface area contributed by atoms with Crippen molar-refractivity contribution >= 4 is 32.4 Å². The number of thiazole rings is 1. The minimum atomic E-state index is -3.98. The Morgan fingerprint density at radius 3 is 2.50 bits per heavy atom. The first-order chi connectivity index (χ1) is 12.1. The summed E-state index contributed by atoms with van der Waals surface area (Å²) in [5.74, 6) is -1.17. The largest absolute Gasteiger partial charge is 0.455 e. The normalized spacial score (nSPS) is 11.5. The minimum absolute atomic E-state index is 0.0278. The number of furan rings is 1. The molecule has 0 fully saturated rings. The predicted molar refractivity (Wildman–Crippen MR) is 95.0 cm³/mol. The lowest BCUT2D eigenvalue weighted by Gasteiger charge is -1.99. The third-order valence-corrected chi connectivity index (χ3v) is 5.44. The Labute approximate surface area is 152 Å². The average Bonchev–Trinajstić information content (AvgIpc) is 3.11. The summed E-state index contributed by atoms with van der Waals surface area (Å²) < 4.78 is 41.1. The Balaban J connectivity index is 1.85. The number of carbonyl (C=O) groups is 1. The summed E-state index contributed by atoms with van der Waals surface area (Å²) in [6.45, 7) is 3.22. The quantitative estimate of drug-likeness (QED) is 0.704. The second-order valence-corrected chi connectivity index (χ2v) is 8.19. The van der Waals surface area contributed by atoms with Gasteiger partial charge in [0.15, 0.2) is 10.9 Å². The second kappa shape index (κ2) is 6.63. The number of sulfonamides is 1. The van der Waals surface area contributed by atoms with Crippen molar-refractivity contribution in [3.63, 3.8) is 0 Å². The number of nitrogens with one attached hydrogen (secondary N) is 1. The van der Waals surface area contributed by atoms with E-state index >= 15 is 0 Å². The van der Waals surface area contributed by atoms with E-state index < -0.39 is 15.9 Å². The van der Waals surface area contributed by atoms with Crippen LogP contribution < -0.4 is 10.5 Å². The van der Waals surface area contributed by atoms with Gasteiger partial charge in [-0.05, 0) is 38.1 Å². The van der Waals surface area contributed by atoms with Gasteiger partial charge in [-0.15, -0.1) is 11.3 Å². The lowest BCUT2D eigenvalue weighted by atomic mass is 10.1. The number of nitrogens with two attached hydrogens (primary N) is 1. The number of aryl methyl sites for hydroxylation is 2. The van der Waals surface area contributed by atoms with Gasteiger partial charge in [0, 0.05) is 16.5 Å². The molecule has 10 heteroatoms. The molecule has 2 heterocycles. The molecule has 0 aliphatic carbocycles. The molecular weight excluding hydrogens is 381 g/mol. The zero-order valence-electron chi connectivity index (χ0n) is 13.7. The van der Waals surface area contributed by atoms with Crippen LogP contribution in [0.25, 0.3) is 11.3 Å². The number of nitrogens with zero attached hydrogens (tertiary/aromatic N) is 1. The molecule has 1 aromatic carbocycles. The molecule has 3 N–H and O–H groups in total. The molecule has 0 aliphatic rings. The van der Waals surface area contributed by atoms with E-state index in [9.17, 15) is 17.6 Å². The highest BCUT2D eigenvalue weighted by atomic mass is 32.2. The van der Waals surface area contributed by atoms with Crippen molar-refractivity contribution in [1.82, 2.24) is 4.98 Å². The fraction of sp³-hybridized carbons (Fsp3) is 0.125. The Morgan fingerprint density at radius 1 is 1.27 bits per heavy atom. The van der Waals surface area contributed by atoms with E-state index in [4.69, 9.17) is 9.56 Å². The monoisotopic (exact) mass is 395 g/mol. The van der Waals surface area contributed by atoms with E-state index in [1.54, 1.807) is 12.1 Å². The molecule has 0 atom stereocenters. The van der Waals surface area contributed by atoms with Crippen LogP contribution in [0, 0.1) is 19.7 Å². The van der Waals surface area contributed by atoms with Crippen molar-refractivity contribution in [1.29, 1.82) is 0 Å². The van der Waals surface area contributed by atoms with Gasteiger partial charge in [-0.3, -0.25) is 10.1 Å².